The van der Waals surface area contributed by atoms with Gasteiger partial charge in [-0.25, -0.2) is 0 Å². The van der Waals surface area contributed by atoms with Gasteiger partial charge in [-0.15, -0.1) is 0 Å². The molecule has 2 aromatic carbocycles. The van der Waals surface area contributed by atoms with Gasteiger partial charge in [0.05, 0.1) is 24.3 Å². The third-order valence-electron chi connectivity index (χ3n) is 5.34. The molecule has 2 aromatic rings. The van der Waals surface area contributed by atoms with Crippen molar-refractivity contribution in [2.24, 2.45) is 0 Å². The van der Waals surface area contributed by atoms with Crippen LogP contribution >= 0.6 is 0 Å². The average molecular weight is 411 g/mol. The molecule has 0 aromatic heterocycles. The van der Waals surface area contributed by atoms with E-state index in [2.05, 4.69) is 0 Å². The van der Waals surface area contributed by atoms with Crippen LogP contribution in [0.3, 0.4) is 0 Å². The number of rotatable bonds is 6. The second kappa shape index (κ2) is 9.65. The minimum atomic E-state index is -0.119. The van der Waals surface area contributed by atoms with E-state index in [4.69, 9.17) is 9.47 Å². The van der Waals surface area contributed by atoms with Crippen molar-refractivity contribution >= 4 is 11.8 Å². The van der Waals surface area contributed by atoms with Gasteiger partial charge in [-0.05, 0) is 52.0 Å². The fourth-order valence-corrected chi connectivity index (χ4v) is 3.85. The molecule has 0 aliphatic carbocycles. The van der Waals surface area contributed by atoms with Crippen LogP contribution in [0.25, 0.3) is 0 Å². The molecule has 1 saturated heterocycles. The molecule has 30 heavy (non-hydrogen) atoms. The fraction of sp³-hybridized carbons (Fsp3) is 0.417. The molecule has 3 rings (SSSR count). The van der Waals surface area contributed by atoms with Gasteiger partial charge in [0.1, 0.15) is 11.5 Å². The number of nitrogens with zero attached hydrogens (tertiary/aromatic N) is 2. The first-order chi connectivity index (χ1) is 14.5. The number of hydrogen-bond acceptors (Lipinski definition) is 4. The highest BCUT2D eigenvalue weighted by atomic mass is 16.5. The number of amides is 2. The van der Waals surface area contributed by atoms with Crippen molar-refractivity contribution in [1.29, 1.82) is 0 Å². The van der Waals surface area contributed by atoms with Crippen LogP contribution < -0.4 is 9.47 Å². The summed E-state index contributed by atoms with van der Waals surface area (Å²) in [6.07, 6.45) is 0. The second-order valence-electron chi connectivity index (χ2n) is 7.47. The van der Waals surface area contributed by atoms with E-state index < -0.39 is 0 Å². The van der Waals surface area contributed by atoms with E-state index in [9.17, 15) is 9.59 Å². The number of ether oxygens (including phenoxy) is 2. The number of carbonyl (C=O) groups excluding carboxylic acids is 2. The zero-order valence-electron chi connectivity index (χ0n) is 18.1. The molecule has 2 amide bonds. The van der Waals surface area contributed by atoms with E-state index in [0.29, 0.717) is 48.9 Å². The highest BCUT2D eigenvalue weighted by Crippen LogP contribution is 2.27. The molecule has 6 nitrogen and oxygen atoms in total. The number of benzene rings is 2. The van der Waals surface area contributed by atoms with E-state index in [0.717, 1.165) is 0 Å². The predicted octanol–water partition coefficient (Wildman–Crippen LogP) is 3.86. The molecule has 160 valence electrons. The molecule has 1 aliphatic rings. The van der Waals surface area contributed by atoms with Crippen LogP contribution in [-0.4, -0.2) is 60.0 Å². The molecular formula is C24H30N2O4. The maximum atomic E-state index is 13.3. The Labute approximate surface area is 178 Å². The lowest BCUT2D eigenvalue weighted by molar-refractivity contribution is 0.0266. The highest BCUT2D eigenvalue weighted by molar-refractivity contribution is 5.99. The monoisotopic (exact) mass is 410 g/mol. The first-order valence-electron chi connectivity index (χ1n) is 10.5. The summed E-state index contributed by atoms with van der Waals surface area (Å²) in [5.41, 5.74) is 1.11. The molecular weight excluding hydrogens is 380 g/mol. The van der Waals surface area contributed by atoms with Crippen LogP contribution in [0.5, 0.6) is 11.5 Å². The molecule has 2 atom stereocenters. The fourth-order valence-electron chi connectivity index (χ4n) is 3.85. The molecule has 0 saturated carbocycles. The third kappa shape index (κ3) is 4.42. The smallest absolute Gasteiger partial charge is 0.257 e. The molecule has 2 unspecified atom stereocenters. The number of hydrogen-bond donors (Lipinski definition) is 0. The summed E-state index contributed by atoms with van der Waals surface area (Å²) >= 11 is 0. The van der Waals surface area contributed by atoms with Gasteiger partial charge in [-0.1, -0.05) is 24.3 Å². The van der Waals surface area contributed by atoms with Gasteiger partial charge in [0, 0.05) is 25.2 Å². The maximum absolute atomic E-state index is 13.3. The molecule has 0 bridgehead atoms. The van der Waals surface area contributed by atoms with Gasteiger partial charge in [-0.3, -0.25) is 9.59 Å². The van der Waals surface area contributed by atoms with Crippen LogP contribution in [-0.2, 0) is 0 Å². The topological polar surface area (TPSA) is 59.1 Å². The SMILES string of the molecule is CCOc1ccccc1C(=O)N1CC(C)N(C(=O)c2ccccc2OCC)CC1C. The Kier molecular flexibility index (Phi) is 6.98. The Hall–Kier alpha value is -3.02. The minimum Gasteiger partial charge on any atom is -0.493 e. The second-order valence-corrected chi connectivity index (χ2v) is 7.47. The minimum absolute atomic E-state index is 0.0692. The van der Waals surface area contributed by atoms with Crippen molar-refractivity contribution in [2.45, 2.75) is 39.8 Å². The first-order valence-corrected chi connectivity index (χ1v) is 10.5. The molecule has 0 N–H and O–H groups in total. The summed E-state index contributed by atoms with van der Waals surface area (Å²) in [6.45, 7) is 9.66. The molecule has 0 radical (unpaired) electrons. The predicted molar refractivity (Wildman–Crippen MR) is 116 cm³/mol. The first kappa shape index (κ1) is 21.7. The van der Waals surface area contributed by atoms with E-state index in [-0.39, 0.29) is 23.9 Å². The van der Waals surface area contributed by atoms with Crippen molar-refractivity contribution in [3.8, 4) is 11.5 Å². The van der Waals surface area contributed by atoms with Crippen molar-refractivity contribution in [1.82, 2.24) is 9.80 Å². The largest absolute Gasteiger partial charge is 0.493 e. The van der Waals surface area contributed by atoms with Gasteiger partial charge in [0.15, 0.2) is 0 Å². The lowest BCUT2D eigenvalue weighted by Gasteiger charge is -2.44. The van der Waals surface area contributed by atoms with E-state index in [1.165, 1.54) is 0 Å². The summed E-state index contributed by atoms with van der Waals surface area (Å²) < 4.78 is 11.3. The van der Waals surface area contributed by atoms with Gasteiger partial charge in [0.2, 0.25) is 0 Å². The number of piperazine rings is 1. The van der Waals surface area contributed by atoms with Crippen molar-refractivity contribution in [3.63, 3.8) is 0 Å². The van der Waals surface area contributed by atoms with Crippen molar-refractivity contribution in [2.75, 3.05) is 26.3 Å². The Morgan fingerprint density at radius 3 is 1.50 bits per heavy atom. The third-order valence-corrected chi connectivity index (χ3v) is 5.34. The number of carbonyl (C=O) groups is 2. The Balaban J connectivity index is 1.79. The summed E-state index contributed by atoms with van der Waals surface area (Å²) in [5.74, 6) is 1.04. The zero-order valence-corrected chi connectivity index (χ0v) is 18.1. The van der Waals surface area contributed by atoms with Gasteiger partial charge >= 0.3 is 0 Å². The van der Waals surface area contributed by atoms with Crippen molar-refractivity contribution in [3.05, 3.63) is 59.7 Å². The Bertz CT molecular complexity index is 825. The van der Waals surface area contributed by atoms with Gasteiger partial charge < -0.3 is 19.3 Å². The standard InChI is InChI=1S/C24H30N2O4/c1-5-29-21-13-9-7-11-19(21)23(27)25-15-18(4)26(16-17(25)3)24(28)20-12-8-10-14-22(20)30-6-2/h7-14,17-18H,5-6,15-16H2,1-4H3. The van der Waals surface area contributed by atoms with Crippen LogP contribution in [0.2, 0.25) is 0 Å². The normalized spacial score (nSPS) is 18.8. The molecule has 1 heterocycles. The lowest BCUT2D eigenvalue weighted by Crippen LogP contribution is -2.59. The molecule has 1 aliphatic heterocycles. The zero-order chi connectivity index (χ0) is 21.7. The Morgan fingerprint density at radius 1 is 0.767 bits per heavy atom. The quantitative estimate of drug-likeness (QED) is 0.726. The lowest BCUT2D eigenvalue weighted by atomic mass is 10.0. The van der Waals surface area contributed by atoms with E-state index in [1.807, 2.05) is 73.9 Å². The van der Waals surface area contributed by atoms with Crippen LogP contribution in [0.15, 0.2) is 48.5 Å². The van der Waals surface area contributed by atoms with E-state index in [1.54, 1.807) is 12.1 Å². The summed E-state index contributed by atoms with van der Waals surface area (Å²) in [4.78, 5) is 30.2. The maximum Gasteiger partial charge on any atom is 0.257 e. The Morgan fingerprint density at radius 2 is 1.13 bits per heavy atom. The van der Waals surface area contributed by atoms with Crippen LogP contribution in [0, 0.1) is 0 Å². The summed E-state index contributed by atoms with van der Waals surface area (Å²) in [5, 5.41) is 0. The van der Waals surface area contributed by atoms with Crippen LogP contribution in [0.4, 0.5) is 0 Å². The van der Waals surface area contributed by atoms with Crippen LogP contribution in [0.1, 0.15) is 48.4 Å². The number of para-hydroxylation sites is 2. The van der Waals surface area contributed by atoms with Crippen molar-refractivity contribution < 1.29 is 19.1 Å². The summed E-state index contributed by atoms with van der Waals surface area (Å²) in [7, 11) is 0. The van der Waals surface area contributed by atoms with Gasteiger partial charge in [-0.2, -0.15) is 0 Å². The van der Waals surface area contributed by atoms with Gasteiger partial charge in [0.25, 0.3) is 11.8 Å². The molecule has 6 heteroatoms. The molecule has 1 fully saturated rings. The average Bonchev–Trinajstić information content (AvgIpc) is 2.75. The summed E-state index contributed by atoms with van der Waals surface area (Å²) in [6, 6.07) is 14.4. The van der Waals surface area contributed by atoms with E-state index >= 15 is 0 Å². The highest BCUT2D eigenvalue weighted by Gasteiger charge is 2.36. The molecule has 0 spiro atoms.